The summed E-state index contributed by atoms with van der Waals surface area (Å²) in [4.78, 5) is 40.8. The van der Waals surface area contributed by atoms with Crippen LogP contribution in [0.25, 0.3) is 11.1 Å². The molecular weight excluding hydrogens is 420 g/mol. The van der Waals surface area contributed by atoms with Crippen molar-refractivity contribution >= 4 is 17.8 Å². The lowest BCUT2D eigenvalue weighted by molar-refractivity contribution is -0.161. The van der Waals surface area contributed by atoms with Gasteiger partial charge in [-0.05, 0) is 67.5 Å². The van der Waals surface area contributed by atoms with E-state index in [4.69, 9.17) is 4.74 Å². The fraction of sp³-hybridized carbons (Fsp3) is 0.423. The summed E-state index contributed by atoms with van der Waals surface area (Å²) < 4.78 is 5.46. The molecule has 2 saturated carbocycles. The fourth-order valence-corrected chi connectivity index (χ4v) is 4.38. The molecule has 1 saturated heterocycles. The monoisotopic (exact) mass is 448 g/mol. The van der Waals surface area contributed by atoms with Gasteiger partial charge >= 0.3 is 5.97 Å². The zero-order valence-corrected chi connectivity index (χ0v) is 18.5. The third-order valence-corrected chi connectivity index (χ3v) is 6.86. The maximum atomic E-state index is 12.9. The number of amides is 2. The molecule has 7 heteroatoms. The maximum Gasteiger partial charge on any atom is 0.314 e. The second-order valence-electron chi connectivity index (χ2n) is 9.27. The summed E-state index contributed by atoms with van der Waals surface area (Å²) in [6.07, 6.45) is 3.75. The van der Waals surface area contributed by atoms with Gasteiger partial charge in [0, 0.05) is 31.7 Å². The molecule has 1 N–H and O–H groups in total. The third-order valence-electron chi connectivity index (χ3n) is 6.86. The quantitative estimate of drug-likeness (QED) is 0.562. The van der Waals surface area contributed by atoms with Crippen molar-refractivity contribution in [1.82, 2.24) is 9.80 Å². The Bertz CT molecular complexity index is 1060. The van der Waals surface area contributed by atoms with Gasteiger partial charge in [-0.3, -0.25) is 14.4 Å². The number of piperazine rings is 1. The Hall–Kier alpha value is -3.19. The molecule has 1 heterocycles. The van der Waals surface area contributed by atoms with Gasteiger partial charge in [-0.15, -0.1) is 0 Å². The molecule has 7 nitrogen and oxygen atoms in total. The predicted octanol–water partition coefficient (Wildman–Crippen LogP) is 2.87. The molecule has 5 rings (SSSR count). The standard InChI is InChI=1S/C26H28N2O5/c29-23(27-13-15-28(16-14-27)25(31)26(32)11-2-12-26)19-7-5-18(6-8-19)21-3-1-4-22(17-21)33-24(30)20-9-10-20/h1,3-8,17,20,32H,2,9-16H2. The topological polar surface area (TPSA) is 87.2 Å². The molecular formula is C26H28N2O5. The zero-order chi connectivity index (χ0) is 23.0. The van der Waals surface area contributed by atoms with Gasteiger partial charge in [0.15, 0.2) is 0 Å². The highest BCUT2D eigenvalue weighted by atomic mass is 16.5. The number of rotatable bonds is 5. The molecule has 2 aromatic carbocycles. The predicted molar refractivity (Wildman–Crippen MR) is 122 cm³/mol. The van der Waals surface area contributed by atoms with E-state index < -0.39 is 5.60 Å². The second-order valence-corrected chi connectivity index (χ2v) is 9.27. The average Bonchev–Trinajstić information content (AvgIpc) is 3.68. The number of ether oxygens (including phenoxy) is 1. The smallest absolute Gasteiger partial charge is 0.314 e. The average molecular weight is 449 g/mol. The van der Waals surface area contributed by atoms with E-state index in [9.17, 15) is 19.5 Å². The van der Waals surface area contributed by atoms with Crippen LogP contribution in [0.2, 0.25) is 0 Å². The van der Waals surface area contributed by atoms with Crippen molar-refractivity contribution in [3.8, 4) is 16.9 Å². The second kappa shape index (κ2) is 8.63. The molecule has 0 atom stereocenters. The van der Waals surface area contributed by atoms with E-state index >= 15 is 0 Å². The Kier molecular flexibility index (Phi) is 5.66. The first-order valence-corrected chi connectivity index (χ1v) is 11.7. The molecule has 172 valence electrons. The van der Waals surface area contributed by atoms with E-state index in [1.165, 1.54) is 0 Å². The Morgan fingerprint density at radius 2 is 1.55 bits per heavy atom. The number of esters is 1. The van der Waals surface area contributed by atoms with Crippen LogP contribution < -0.4 is 4.74 Å². The number of benzene rings is 2. The van der Waals surface area contributed by atoms with Crippen molar-refractivity contribution in [2.75, 3.05) is 26.2 Å². The van der Waals surface area contributed by atoms with Crippen molar-refractivity contribution in [2.45, 2.75) is 37.7 Å². The SMILES string of the molecule is O=C(Oc1cccc(-c2ccc(C(=O)N3CCN(C(=O)C4(O)CCC4)CC3)cc2)c1)C1CC1. The molecule has 0 bridgehead atoms. The lowest BCUT2D eigenvalue weighted by atomic mass is 9.79. The van der Waals surface area contributed by atoms with E-state index in [1.807, 2.05) is 30.3 Å². The highest BCUT2D eigenvalue weighted by Gasteiger charge is 2.45. The number of hydrogen-bond acceptors (Lipinski definition) is 5. The first-order valence-electron chi connectivity index (χ1n) is 11.7. The van der Waals surface area contributed by atoms with E-state index in [0.29, 0.717) is 50.3 Å². The molecule has 33 heavy (non-hydrogen) atoms. The van der Waals surface area contributed by atoms with Gasteiger partial charge in [0.25, 0.3) is 11.8 Å². The fourth-order valence-electron chi connectivity index (χ4n) is 4.38. The summed E-state index contributed by atoms with van der Waals surface area (Å²) >= 11 is 0. The third kappa shape index (κ3) is 4.50. The molecule has 3 fully saturated rings. The summed E-state index contributed by atoms with van der Waals surface area (Å²) in [6, 6.07) is 14.8. The van der Waals surface area contributed by atoms with Crippen LogP contribution in [0, 0.1) is 5.92 Å². The van der Waals surface area contributed by atoms with Crippen molar-refractivity contribution in [3.63, 3.8) is 0 Å². The lowest BCUT2D eigenvalue weighted by Crippen LogP contribution is -2.58. The number of aliphatic hydroxyl groups is 1. The van der Waals surface area contributed by atoms with Crippen LogP contribution in [0.15, 0.2) is 48.5 Å². The Morgan fingerprint density at radius 3 is 2.15 bits per heavy atom. The highest BCUT2D eigenvalue weighted by Crippen LogP contribution is 2.34. The van der Waals surface area contributed by atoms with Crippen LogP contribution in [-0.2, 0) is 9.59 Å². The van der Waals surface area contributed by atoms with Gasteiger partial charge in [0.1, 0.15) is 11.4 Å². The number of hydrogen-bond donors (Lipinski definition) is 1. The minimum Gasteiger partial charge on any atom is -0.426 e. The Labute approximate surface area is 192 Å². The van der Waals surface area contributed by atoms with Gasteiger partial charge in [-0.25, -0.2) is 0 Å². The minimum absolute atomic E-state index is 0.0434. The molecule has 3 aliphatic rings. The van der Waals surface area contributed by atoms with Crippen LogP contribution in [0.4, 0.5) is 0 Å². The molecule has 0 radical (unpaired) electrons. The highest BCUT2D eigenvalue weighted by molar-refractivity contribution is 5.95. The molecule has 0 spiro atoms. The van der Waals surface area contributed by atoms with Crippen molar-refractivity contribution in [3.05, 3.63) is 54.1 Å². The van der Waals surface area contributed by atoms with E-state index in [1.54, 1.807) is 28.0 Å². The summed E-state index contributed by atoms with van der Waals surface area (Å²) in [5.74, 6) is 0.139. The van der Waals surface area contributed by atoms with Crippen LogP contribution >= 0.6 is 0 Å². The molecule has 2 aromatic rings. The van der Waals surface area contributed by atoms with E-state index in [2.05, 4.69) is 0 Å². The van der Waals surface area contributed by atoms with Crippen LogP contribution in [0.5, 0.6) is 5.75 Å². The Morgan fingerprint density at radius 1 is 0.879 bits per heavy atom. The summed E-state index contributed by atoms with van der Waals surface area (Å²) in [6.45, 7) is 1.79. The van der Waals surface area contributed by atoms with Crippen LogP contribution in [-0.4, -0.2) is 64.5 Å². The minimum atomic E-state index is -1.18. The number of carbonyl (C=O) groups excluding carboxylic acids is 3. The van der Waals surface area contributed by atoms with Crippen LogP contribution in [0.1, 0.15) is 42.5 Å². The normalized spacial score (nSPS) is 19.5. The van der Waals surface area contributed by atoms with Gasteiger partial charge < -0.3 is 19.6 Å². The van der Waals surface area contributed by atoms with Gasteiger partial charge in [0.2, 0.25) is 0 Å². The van der Waals surface area contributed by atoms with Crippen molar-refractivity contribution in [2.24, 2.45) is 5.92 Å². The summed E-state index contributed by atoms with van der Waals surface area (Å²) in [5, 5.41) is 10.3. The molecule has 0 unspecified atom stereocenters. The lowest BCUT2D eigenvalue weighted by Gasteiger charge is -2.42. The van der Waals surface area contributed by atoms with Gasteiger partial charge in [-0.2, -0.15) is 0 Å². The molecule has 0 aromatic heterocycles. The molecule has 1 aliphatic heterocycles. The summed E-state index contributed by atoms with van der Waals surface area (Å²) in [7, 11) is 0. The largest absolute Gasteiger partial charge is 0.426 e. The van der Waals surface area contributed by atoms with Crippen LogP contribution in [0.3, 0.4) is 0 Å². The Balaban J connectivity index is 1.20. The first-order chi connectivity index (χ1) is 15.9. The van der Waals surface area contributed by atoms with E-state index in [0.717, 1.165) is 30.4 Å². The molecule has 2 aliphatic carbocycles. The van der Waals surface area contributed by atoms with Crippen molar-refractivity contribution in [1.29, 1.82) is 0 Å². The zero-order valence-electron chi connectivity index (χ0n) is 18.5. The number of carbonyl (C=O) groups is 3. The van der Waals surface area contributed by atoms with E-state index in [-0.39, 0.29) is 23.7 Å². The van der Waals surface area contributed by atoms with Gasteiger partial charge in [0.05, 0.1) is 5.92 Å². The van der Waals surface area contributed by atoms with Gasteiger partial charge in [-0.1, -0.05) is 24.3 Å². The summed E-state index contributed by atoms with van der Waals surface area (Å²) in [5.41, 5.74) is 1.25. The molecule has 2 amide bonds. The van der Waals surface area contributed by atoms with Crippen molar-refractivity contribution < 1.29 is 24.2 Å². The maximum absolute atomic E-state index is 12.9. The number of nitrogens with zero attached hydrogens (tertiary/aromatic N) is 2. The first kappa shape index (κ1) is 21.6.